The lowest BCUT2D eigenvalue weighted by atomic mass is 10.2. The molecule has 9 heavy (non-hydrogen) atoms. The molecule has 1 heterocycles. The number of hydrogen-bond donors (Lipinski definition) is 0. The zero-order valence-corrected chi connectivity index (χ0v) is 5.06. The largest absolute Gasteiger partial charge is 0.381 e. The van der Waals surface area contributed by atoms with E-state index in [4.69, 9.17) is 0 Å². The first-order valence-electron chi connectivity index (χ1n) is 2.62. The third-order valence-electron chi connectivity index (χ3n) is 1.30. The highest BCUT2D eigenvalue weighted by atomic mass is 19.3. The summed E-state index contributed by atoms with van der Waals surface area (Å²) in [6.45, 7) is 0.114. The van der Waals surface area contributed by atoms with Crippen molar-refractivity contribution in [3.63, 3.8) is 0 Å². The Kier molecular flexibility index (Phi) is 1.68. The lowest BCUT2D eigenvalue weighted by Gasteiger charge is -2.07. The summed E-state index contributed by atoms with van der Waals surface area (Å²) in [5, 5.41) is 0. The molecule has 0 aromatic heterocycles. The summed E-state index contributed by atoms with van der Waals surface area (Å²) in [5.41, 5.74) is -1.26. The van der Waals surface area contributed by atoms with Gasteiger partial charge in [-0.05, 0) is 0 Å². The van der Waals surface area contributed by atoms with Crippen LogP contribution in [0.3, 0.4) is 0 Å². The number of halogens is 2. The molecule has 0 spiro atoms. The minimum Gasteiger partial charge on any atom is -0.381 e. The van der Waals surface area contributed by atoms with E-state index < -0.39 is 12.0 Å². The molecule has 1 aliphatic rings. The van der Waals surface area contributed by atoms with Gasteiger partial charge in [-0.1, -0.05) is 0 Å². The van der Waals surface area contributed by atoms with Crippen molar-refractivity contribution in [1.82, 2.24) is 0 Å². The fourth-order valence-electron chi connectivity index (χ4n) is 0.609. The van der Waals surface area contributed by atoms with E-state index in [2.05, 4.69) is 9.47 Å². The SMILES string of the molecule is COCC1(C(F)F)CO1. The fraction of sp³-hybridized carbons (Fsp3) is 1.00. The number of methoxy groups -OCH3 is 1. The molecule has 0 aromatic carbocycles. The Morgan fingerprint density at radius 3 is 2.44 bits per heavy atom. The Bertz CT molecular complexity index is 101. The molecule has 0 radical (unpaired) electrons. The summed E-state index contributed by atoms with van der Waals surface area (Å²) >= 11 is 0. The van der Waals surface area contributed by atoms with E-state index in [1.807, 2.05) is 0 Å². The van der Waals surface area contributed by atoms with Crippen molar-refractivity contribution in [2.45, 2.75) is 12.0 Å². The van der Waals surface area contributed by atoms with Gasteiger partial charge in [0.2, 0.25) is 0 Å². The van der Waals surface area contributed by atoms with Crippen molar-refractivity contribution in [3.05, 3.63) is 0 Å². The molecule has 54 valence electrons. The number of hydrogen-bond acceptors (Lipinski definition) is 2. The van der Waals surface area contributed by atoms with Crippen LogP contribution in [0.4, 0.5) is 8.78 Å². The van der Waals surface area contributed by atoms with Gasteiger partial charge in [-0.2, -0.15) is 0 Å². The van der Waals surface area contributed by atoms with Crippen molar-refractivity contribution >= 4 is 0 Å². The predicted octanol–water partition coefficient (Wildman–Crippen LogP) is 0.667. The molecule has 0 bridgehead atoms. The van der Waals surface area contributed by atoms with E-state index >= 15 is 0 Å². The van der Waals surface area contributed by atoms with E-state index in [0.29, 0.717) is 0 Å². The monoisotopic (exact) mass is 138 g/mol. The van der Waals surface area contributed by atoms with Crippen LogP contribution in [0.5, 0.6) is 0 Å². The third kappa shape index (κ3) is 1.19. The molecule has 0 amide bonds. The standard InChI is InChI=1S/C5H8F2O2/c1-8-2-5(3-9-5)4(6)7/h4H,2-3H2,1H3. The van der Waals surface area contributed by atoms with Crippen LogP contribution < -0.4 is 0 Å². The summed E-state index contributed by atoms with van der Waals surface area (Å²) in [6.07, 6.45) is -2.42. The molecule has 1 aliphatic heterocycles. The van der Waals surface area contributed by atoms with Crippen LogP contribution in [0, 0.1) is 0 Å². The van der Waals surface area contributed by atoms with E-state index in [1.54, 1.807) is 0 Å². The third-order valence-corrected chi connectivity index (χ3v) is 1.30. The summed E-state index contributed by atoms with van der Waals surface area (Å²) in [7, 11) is 1.38. The van der Waals surface area contributed by atoms with Crippen LogP contribution in [-0.4, -0.2) is 32.4 Å². The van der Waals surface area contributed by atoms with Crippen molar-refractivity contribution in [2.75, 3.05) is 20.3 Å². The van der Waals surface area contributed by atoms with E-state index in [0.717, 1.165) is 0 Å². The summed E-state index contributed by atoms with van der Waals surface area (Å²) in [4.78, 5) is 0. The summed E-state index contributed by atoms with van der Waals surface area (Å²) in [6, 6.07) is 0. The molecule has 1 atom stereocenters. The molecule has 0 saturated carbocycles. The molecule has 4 heteroatoms. The van der Waals surface area contributed by atoms with E-state index in [1.165, 1.54) is 7.11 Å². The molecule has 0 N–H and O–H groups in total. The Labute approximate surface area is 51.8 Å². The van der Waals surface area contributed by atoms with Gasteiger partial charge in [0.05, 0.1) is 13.2 Å². The maximum absolute atomic E-state index is 11.9. The van der Waals surface area contributed by atoms with Gasteiger partial charge in [0.1, 0.15) is 0 Å². The highest BCUT2D eigenvalue weighted by molar-refractivity contribution is 4.94. The quantitative estimate of drug-likeness (QED) is 0.534. The van der Waals surface area contributed by atoms with Gasteiger partial charge in [0.25, 0.3) is 6.43 Å². The minimum absolute atomic E-state index is 0.00926. The highest BCUT2D eigenvalue weighted by Gasteiger charge is 2.53. The van der Waals surface area contributed by atoms with Crippen LogP contribution in [0.15, 0.2) is 0 Å². The Morgan fingerprint density at radius 1 is 1.78 bits per heavy atom. The fourth-order valence-corrected chi connectivity index (χ4v) is 0.609. The average molecular weight is 138 g/mol. The number of ether oxygens (including phenoxy) is 2. The second-order valence-electron chi connectivity index (χ2n) is 2.09. The van der Waals surface area contributed by atoms with Crippen LogP contribution in [0.2, 0.25) is 0 Å². The van der Waals surface area contributed by atoms with Crippen LogP contribution in [-0.2, 0) is 9.47 Å². The van der Waals surface area contributed by atoms with Gasteiger partial charge in [-0.3, -0.25) is 0 Å². The van der Waals surface area contributed by atoms with Crippen molar-refractivity contribution in [3.8, 4) is 0 Å². The van der Waals surface area contributed by atoms with Gasteiger partial charge < -0.3 is 9.47 Å². The topological polar surface area (TPSA) is 21.8 Å². The lowest BCUT2D eigenvalue weighted by molar-refractivity contribution is 0.000117. The first-order chi connectivity index (χ1) is 4.21. The Hall–Kier alpha value is -0.220. The van der Waals surface area contributed by atoms with Crippen molar-refractivity contribution < 1.29 is 18.3 Å². The second-order valence-corrected chi connectivity index (χ2v) is 2.09. The normalized spacial score (nSPS) is 33.3. The molecule has 1 unspecified atom stereocenters. The zero-order chi connectivity index (χ0) is 6.91. The maximum atomic E-state index is 11.9. The Morgan fingerprint density at radius 2 is 2.33 bits per heavy atom. The summed E-state index contributed by atoms with van der Waals surface area (Å²) < 4.78 is 32.8. The minimum atomic E-state index is -2.42. The second kappa shape index (κ2) is 2.19. The molecule has 0 aromatic rings. The average Bonchev–Trinajstić information content (AvgIpc) is 2.49. The maximum Gasteiger partial charge on any atom is 0.271 e. The smallest absolute Gasteiger partial charge is 0.271 e. The van der Waals surface area contributed by atoms with Crippen LogP contribution in [0.25, 0.3) is 0 Å². The molecule has 1 fully saturated rings. The lowest BCUT2D eigenvalue weighted by Crippen LogP contribution is -2.27. The molecule has 1 rings (SSSR count). The predicted molar refractivity (Wildman–Crippen MR) is 26.6 cm³/mol. The highest BCUT2D eigenvalue weighted by Crippen LogP contribution is 2.33. The van der Waals surface area contributed by atoms with E-state index in [-0.39, 0.29) is 13.2 Å². The van der Waals surface area contributed by atoms with Gasteiger partial charge >= 0.3 is 0 Å². The number of rotatable bonds is 3. The number of alkyl halides is 2. The van der Waals surface area contributed by atoms with Gasteiger partial charge in [-0.25, -0.2) is 8.78 Å². The first kappa shape index (κ1) is 6.89. The van der Waals surface area contributed by atoms with Gasteiger partial charge in [0, 0.05) is 7.11 Å². The molecule has 1 saturated heterocycles. The van der Waals surface area contributed by atoms with Gasteiger partial charge in [0.15, 0.2) is 5.60 Å². The molecule has 2 nitrogen and oxygen atoms in total. The molecule has 0 aliphatic carbocycles. The van der Waals surface area contributed by atoms with Crippen molar-refractivity contribution in [1.29, 1.82) is 0 Å². The molecular weight excluding hydrogens is 130 g/mol. The van der Waals surface area contributed by atoms with Crippen LogP contribution >= 0.6 is 0 Å². The zero-order valence-electron chi connectivity index (χ0n) is 5.06. The van der Waals surface area contributed by atoms with Crippen LogP contribution in [0.1, 0.15) is 0 Å². The Balaban J connectivity index is 2.33. The molecular formula is C5H8F2O2. The summed E-state index contributed by atoms with van der Waals surface area (Å²) in [5.74, 6) is 0. The first-order valence-corrected chi connectivity index (χ1v) is 2.62. The number of epoxide rings is 1. The van der Waals surface area contributed by atoms with Crippen molar-refractivity contribution in [2.24, 2.45) is 0 Å². The van der Waals surface area contributed by atoms with E-state index in [9.17, 15) is 8.78 Å². The van der Waals surface area contributed by atoms with Gasteiger partial charge in [-0.15, -0.1) is 0 Å².